The van der Waals surface area contributed by atoms with Crippen molar-refractivity contribution in [2.24, 2.45) is 5.41 Å². The first-order valence-electron chi connectivity index (χ1n) is 4.80. The van der Waals surface area contributed by atoms with Gasteiger partial charge in [0.1, 0.15) is 0 Å². The van der Waals surface area contributed by atoms with Gasteiger partial charge in [-0.15, -0.1) is 0 Å². The topological polar surface area (TPSA) is 9.23 Å². The van der Waals surface area contributed by atoms with E-state index in [4.69, 9.17) is 4.74 Å². The van der Waals surface area contributed by atoms with Crippen LogP contribution >= 0.6 is 22.6 Å². The molecule has 0 aliphatic heterocycles. The summed E-state index contributed by atoms with van der Waals surface area (Å²) in [6, 6.07) is 8.33. The Labute approximate surface area is 100.0 Å². The summed E-state index contributed by atoms with van der Waals surface area (Å²) in [4.78, 5) is 0. The average Bonchev–Trinajstić information content (AvgIpc) is 2.06. The summed E-state index contributed by atoms with van der Waals surface area (Å²) in [6.45, 7) is 8.07. The Balaban J connectivity index is 2.43. The van der Waals surface area contributed by atoms with E-state index < -0.39 is 0 Å². The molecule has 0 spiro atoms. The fraction of sp³-hybridized carbons (Fsp3) is 0.500. The molecule has 1 nitrogen and oxygen atoms in total. The largest absolute Gasteiger partial charge is 0.376 e. The van der Waals surface area contributed by atoms with Crippen molar-refractivity contribution >= 4 is 22.6 Å². The van der Waals surface area contributed by atoms with E-state index in [-0.39, 0.29) is 5.41 Å². The predicted molar refractivity (Wildman–Crippen MR) is 68.3 cm³/mol. The maximum absolute atomic E-state index is 5.66. The van der Waals surface area contributed by atoms with E-state index in [9.17, 15) is 0 Å². The molecule has 0 aliphatic rings. The van der Waals surface area contributed by atoms with Gasteiger partial charge in [0.15, 0.2) is 0 Å². The predicted octanol–water partition coefficient (Wildman–Crippen LogP) is 3.85. The van der Waals surface area contributed by atoms with E-state index >= 15 is 0 Å². The molecule has 2 heteroatoms. The Morgan fingerprint density at radius 3 is 2.43 bits per heavy atom. The first-order valence-corrected chi connectivity index (χ1v) is 5.88. The highest BCUT2D eigenvalue weighted by atomic mass is 127. The fourth-order valence-electron chi connectivity index (χ4n) is 1.08. The Hall–Kier alpha value is -0.0900. The summed E-state index contributed by atoms with van der Waals surface area (Å²) < 4.78 is 6.94. The van der Waals surface area contributed by atoms with Crippen LogP contribution in [0.15, 0.2) is 24.3 Å². The van der Waals surface area contributed by atoms with E-state index in [2.05, 4.69) is 67.6 Å². The van der Waals surface area contributed by atoms with E-state index in [1.807, 2.05) is 0 Å². The number of ether oxygens (including phenoxy) is 1. The van der Waals surface area contributed by atoms with Gasteiger partial charge in [0.25, 0.3) is 0 Å². The average molecular weight is 304 g/mol. The molecule has 78 valence electrons. The minimum absolute atomic E-state index is 0.250. The van der Waals surface area contributed by atoms with Crippen molar-refractivity contribution in [1.29, 1.82) is 0 Å². The molecule has 14 heavy (non-hydrogen) atoms. The fourth-order valence-corrected chi connectivity index (χ4v) is 1.63. The van der Waals surface area contributed by atoms with Gasteiger partial charge in [0, 0.05) is 3.57 Å². The van der Waals surface area contributed by atoms with Crippen molar-refractivity contribution < 1.29 is 4.74 Å². The van der Waals surface area contributed by atoms with Gasteiger partial charge >= 0.3 is 0 Å². The summed E-state index contributed by atoms with van der Waals surface area (Å²) in [5.74, 6) is 0. The SMILES string of the molecule is CC(C)(C)COCc1ccccc1I. The van der Waals surface area contributed by atoms with Crippen LogP contribution in [-0.4, -0.2) is 6.61 Å². The maximum Gasteiger partial charge on any atom is 0.0727 e. The standard InChI is InChI=1S/C12H17IO/c1-12(2,3)9-14-8-10-6-4-5-7-11(10)13/h4-7H,8-9H2,1-3H3. The van der Waals surface area contributed by atoms with Crippen molar-refractivity contribution in [2.45, 2.75) is 27.4 Å². The highest BCUT2D eigenvalue weighted by Gasteiger charge is 2.10. The lowest BCUT2D eigenvalue weighted by atomic mass is 9.99. The third-order valence-corrected chi connectivity index (χ3v) is 2.80. The second-order valence-electron chi connectivity index (χ2n) is 4.64. The molecule has 0 bridgehead atoms. The van der Waals surface area contributed by atoms with Crippen LogP contribution in [0.1, 0.15) is 26.3 Å². The third kappa shape index (κ3) is 4.42. The zero-order valence-corrected chi connectivity index (χ0v) is 11.2. The normalized spacial score (nSPS) is 11.7. The summed E-state index contributed by atoms with van der Waals surface area (Å²) in [5.41, 5.74) is 1.53. The van der Waals surface area contributed by atoms with E-state index in [1.54, 1.807) is 0 Å². The molecule has 0 radical (unpaired) electrons. The molecule has 1 aromatic carbocycles. The smallest absolute Gasteiger partial charge is 0.0727 e. The van der Waals surface area contributed by atoms with E-state index in [0.29, 0.717) is 0 Å². The zero-order chi connectivity index (χ0) is 10.6. The van der Waals surface area contributed by atoms with Gasteiger partial charge < -0.3 is 4.74 Å². The molecule has 0 aromatic heterocycles. The van der Waals surface area contributed by atoms with Crippen LogP contribution in [0.25, 0.3) is 0 Å². The molecule has 0 amide bonds. The van der Waals surface area contributed by atoms with Crippen LogP contribution in [0.3, 0.4) is 0 Å². The van der Waals surface area contributed by atoms with Gasteiger partial charge in [-0.3, -0.25) is 0 Å². The first kappa shape index (κ1) is 12.0. The maximum atomic E-state index is 5.66. The minimum atomic E-state index is 0.250. The number of hydrogen-bond acceptors (Lipinski definition) is 1. The molecule has 0 atom stereocenters. The van der Waals surface area contributed by atoms with E-state index in [1.165, 1.54) is 9.13 Å². The summed E-state index contributed by atoms with van der Waals surface area (Å²) in [7, 11) is 0. The first-order chi connectivity index (χ1) is 6.49. The summed E-state index contributed by atoms with van der Waals surface area (Å²) >= 11 is 2.34. The van der Waals surface area contributed by atoms with Gasteiger partial charge in [0.05, 0.1) is 13.2 Å². The Kier molecular flexibility index (Phi) is 4.38. The lowest BCUT2D eigenvalue weighted by Gasteiger charge is -2.18. The van der Waals surface area contributed by atoms with Crippen LogP contribution < -0.4 is 0 Å². The molecule has 0 N–H and O–H groups in total. The minimum Gasteiger partial charge on any atom is -0.376 e. The summed E-state index contributed by atoms with van der Waals surface area (Å²) in [6.07, 6.45) is 0. The third-order valence-electron chi connectivity index (χ3n) is 1.75. The van der Waals surface area contributed by atoms with Gasteiger partial charge in [-0.25, -0.2) is 0 Å². The van der Waals surface area contributed by atoms with Crippen LogP contribution in [0.2, 0.25) is 0 Å². The van der Waals surface area contributed by atoms with Crippen molar-refractivity contribution in [1.82, 2.24) is 0 Å². The molecule has 1 rings (SSSR count). The molecule has 0 heterocycles. The number of benzene rings is 1. The molecule has 0 unspecified atom stereocenters. The van der Waals surface area contributed by atoms with Crippen molar-refractivity contribution in [3.05, 3.63) is 33.4 Å². The highest BCUT2D eigenvalue weighted by Crippen LogP contribution is 2.16. The summed E-state index contributed by atoms with van der Waals surface area (Å²) in [5, 5.41) is 0. The number of rotatable bonds is 3. The number of halogens is 1. The molecular formula is C12H17IO. The molecule has 0 fully saturated rings. The molecule has 0 aliphatic carbocycles. The zero-order valence-electron chi connectivity index (χ0n) is 9.01. The Bertz CT molecular complexity index is 289. The van der Waals surface area contributed by atoms with Gasteiger partial charge in [-0.05, 0) is 39.6 Å². The Morgan fingerprint density at radius 1 is 1.21 bits per heavy atom. The van der Waals surface area contributed by atoms with Crippen LogP contribution in [0, 0.1) is 8.99 Å². The van der Waals surface area contributed by atoms with Gasteiger partial charge in [-0.1, -0.05) is 39.0 Å². The van der Waals surface area contributed by atoms with Gasteiger partial charge in [-0.2, -0.15) is 0 Å². The second kappa shape index (κ2) is 5.12. The van der Waals surface area contributed by atoms with E-state index in [0.717, 1.165) is 13.2 Å². The van der Waals surface area contributed by atoms with Crippen molar-refractivity contribution in [3.63, 3.8) is 0 Å². The van der Waals surface area contributed by atoms with Gasteiger partial charge in [0.2, 0.25) is 0 Å². The van der Waals surface area contributed by atoms with Crippen molar-refractivity contribution in [2.75, 3.05) is 6.61 Å². The quantitative estimate of drug-likeness (QED) is 0.771. The monoisotopic (exact) mass is 304 g/mol. The lowest BCUT2D eigenvalue weighted by molar-refractivity contribution is 0.0596. The highest BCUT2D eigenvalue weighted by molar-refractivity contribution is 14.1. The van der Waals surface area contributed by atoms with Crippen LogP contribution in [-0.2, 0) is 11.3 Å². The number of hydrogen-bond donors (Lipinski definition) is 0. The van der Waals surface area contributed by atoms with Crippen LogP contribution in [0.5, 0.6) is 0 Å². The molecule has 1 aromatic rings. The molecule has 0 saturated heterocycles. The molecule has 0 saturated carbocycles. The van der Waals surface area contributed by atoms with Crippen molar-refractivity contribution in [3.8, 4) is 0 Å². The molecular weight excluding hydrogens is 287 g/mol. The lowest BCUT2D eigenvalue weighted by Crippen LogP contribution is -2.14. The van der Waals surface area contributed by atoms with Crippen LogP contribution in [0.4, 0.5) is 0 Å². The Morgan fingerprint density at radius 2 is 1.86 bits per heavy atom. The second-order valence-corrected chi connectivity index (χ2v) is 5.81.